The zero-order valence-electron chi connectivity index (χ0n) is 22.5. The average Bonchev–Trinajstić information content (AvgIpc) is 3.40. The second-order valence-corrected chi connectivity index (χ2v) is 10.2. The quantitative estimate of drug-likeness (QED) is 0.238. The number of H-pyrrole nitrogens is 1. The van der Waals surface area contributed by atoms with Crippen LogP contribution >= 0.6 is 11.6 Å². The van der Waals surface area contributed by atoms with Crippen molar-refractivity contribution >= 4 is 46.0 Å². The molecule has 0 radical (unpaired) electrons. The number of ether oxygens (including phenoxy) is 1. The van der Waals surface area contributed by atoms with Crippen molar-refractivity contribution in [2.75, 3.05) is 37.4 Å². The van der Waals surface area contributed by atoms with E-state index in [4.69, 9.17) is 16.3 Å². The number of halogens is 1. The van der Waals surface area contributed by atoms with Gasteiger partial charge in [-0.1, -0.05) is 23.7 Å². The van der Waals surface area contributed by atoms with Gasteiger partial charge >= 0.3 is 0 Å². The summed E-state index contributed by atoms with van der Waals surface area (Å²) >= 11 is 6.59. The molecular weight excluding hydrogens is 530 g/mol. The van der Waals surface area contributed by atoms with E-state index in [-0.39, 0.29) is 24.5 Å². The van der Waals surface area contributed by atoms with Crippen molar-refractivity contribution in [2.24, 2.45) is 0 Å². The molecule has 1 aliphatic rings. The molecule has 40 heavy (non-hydrogen) atoms. The molecule has 1 aliphatic heterocycles. The third kappa shape index (κ3) is 6.70. The number of anilines is 2. The Bertz CT molecular complexity index is 1480. The zero-order valence-corrected chi connectivity index (χ0v) is 23.2. The van der Waals surface area contributed by atoms with Crippen LogP contribution in [0.1, 0.15) is 25.3 Å². The smallest absolute Gasteiger partial charge is 0.257 e. The summed E-state index contributed by atoms with van der Waals surface area (Å²) in [6.45, 7) is 4.25. The Balaban J connectivity index is 1.21. The number of imidazole rings is 1. The van der Waals surface area contributed by atoms with Gasteiger partial charge in [0.15, 0.2) is 12.3 Å². The molecule has 208 valence electrons. The highest BCUT2D eigenvalue weighted by molar-refractivity contribution is 6.34. The van der Waals surface area contributed by atoms with Crippen molar-refractivity contribution in [3.05, 3.63) is 65.3 Å². The van der Waals surface area contributed by atoms with Crippen molar-refractivity contribution in [1.29, 1.82) is 0 Å². The Hall–Kier alpha value is -4.15. The number of carbonyl (C=O) groups excluding carboxylic acids is 2. The van der Waals surface area contributed by atoms with E-state index in [0.29, 0.717) is 22.2 Å². The van der Waals surface area contributed by atoms with Crippen molar-refractivity contribution in [3.8, 4) is 17.1 Å². The lowest BCUT2D eigenvalue weighted by molar-refractivity contribution is -0.122. The Labute approximate surface area is 237 Å². The van der Waals surface area contributed by atoms with E-state index in [1.54, 1.807) is 25.4 Å². The van der Waals surface area contributed by atoms with Gasteiger partial charge in [0.25, 0.3) is 5.91 Å². The maximum absolute atomic E-state index is 11.4. The number of amides is 2. The van der Waals surface area contributed by atoms with Gasteiger partial charge in [-0.3, -0.25) is 14.5 Å². The number of fused-ring (bicyclic) bond motifs is 1. The van der Waals surface area contributed by atoms with Crippen LogP contribution in [0.4, 0.5) is 11.4 Å². The molecule has 1 fully saturated rings. The first kappa shape index (κ1) is 27.4. The topological polar surface area (TPSA) is 124 Å². The summed E-state index contributed by atoms with van der Waals surface area (Å²) in [6.07, 6.45) is 3.58. The summed E-state index contributed by atoms with van der Waals surface area (Å²) in [6, 6.07) is 15.6. The molecule has 11 heteroatoms. The molecule has 1 saturated heterocycles. The number of rotatable bonds is 9. The van der Waals surface area contributed by atoms with E-state index in [0.717, 1.165) is 54.9 Å². The number of nitrogens with one attached hydrogen (secondary N) is 4. The highest BCUT2D eigenvalue weighted by Gasteiger charge is 2.22. The highest BCUT2D eigenvalue weighted by atomic mass is 35.5. The van der Waals surface area contributed by atoms with Crippen LogP contribution in [0.15, 0.2) is 54.7 Å². The second kappa shape index (κ2) is 12.4. The molecule has 0 atom stereocenters. The molecule has 0 spiro atoms. The molecule has 3 heterocycles. The van der Waals surface area contributed by atoms with Crippen LogP contribution in [0.2, 0.25) is 5.02 Å². The molecule has 4 N–H and O–H groups in total. The van der Waals surface area contributed by atoms with E-state index in [9.17, 15) is 9.59 Å². The Morgan fingerprint density at radius 2 is 1.82 bits per heavy atom. The first-order valence-electron chi connectivity index (χ1n) is 13.2. The molecule has 0 unspecified atom stereocenters. The van der Waals surface area contributed by atoms with Crippen molar-refractivity contribution in [3.63, 3.8) is 0 Å². The summed E-state index contributed by atoms with van der Waals surface area (Å²) in [5.74, 6) is 1.01. The molecule has 2 aromatic heterocycles. The summed E-state index contributed by atoms with van der Waals surface area (Å²) in [4.78, 5) is 37.6. The number of hydrogen-bond donors (Lipinski definition) is 4. The van der Waals surface area contributed by atoms with Crippen LogP contribution in [-0.4, -0.2) is 64.5 Å². The van der Waals surface area contributed by atoms with E-state index in [2.05, 4.69) is 47.9 Å². The minimum absolute atomic E-state index is 0.0378. The minimum atomic E-state index is -0.190. The number of likely N-dealkylation sites (tertiary alicyclic amines) is 1. The summed E-state index contributed by atoms with van der Waals surface area (Å²) < 4.78 is 5.49. The molecule has 0 saturated carbocycles. The second-order valence-electron chi connectivity index (χ2n) is 9.82. The van der Waals surface area contributed by atoms with Crippen LogP contribution in [0, 0.1) is 0 Å². The van der Waals surface area contributed by atoms with Gasteiger partial charge in [-0.05, 0) is 54.8 Å². The molecule has 0 aliphatic carbocycles. The van der Waals surface area contributed by atoms with Gasteiger partial charge in [0.05, 0.1) is 16.9 Å². The van der Waals surface area contributed by atoms with Crippen LogP contribution < -0.4 is 20.7 Å². The Morgan fingerprint density at radius 1 is 1.10 bits per heavy atom. The summed E-state index contributed by atoms with van der Waals surface area (Å²) in [5.41, 5.74) is 5.06. The predicted molar refractivity (Wildman–Crippen MR) is 157 cm³/mol. The van der Waals surface area contributed by atoms with Gasteiger partial charge < -0.3 is 25.7 Å². The lowest BCUT2D eigenvalue weighted by atomic mass is 10.0. The molecule has 4 aromatic rings. The first-order valence-corrected chi connectivity index (χ1v) is 13.6. The first-order chi connectivity index (χ1) is 19.4. The van der Waals surface area contributed by atoms with Crippen LogP contribution in [0.5, 0.6) is 5.75 Å². The van der Waals surface area contributed by atoms with E-state index < -0.39 is 0 Å². The number of piperidine rings is 1. The SMILES string of the molecule is CNC(=O)COc1ccc(-c2nc3ncc(Cl)c(NC4CCN(Cc5ccc(NC(C)=O)cc5)CC4)c3[nH]2)cc1. The molecule has 2 amide bonds. The summed E-state index contributed by atoms with van der Waals surface area (Å²) in [7, 11) is 1.57. The van der Waals surface area contributed by atoms with Gasteiger partial charge in [-0.15, -0.1) is 0 Å². The molecule has 2 aromatic carbocycles. The predicted octanol–water partition coefficient (Wildman–Crippen LogP) is 4.44. The fourth-order valence-electron chi connectivity index (χ4n) is 4.74. The average molecular weight is 562 g/mol. The van der Waals surface area contributed by atoms with Crippen molar-refractivity contribution in [1.82, 2.24) is 25.2 Å². The number of carbonyl (C=O) groups is 2. The number of pyridine rings is 1. The fourth-order valence-corrected chi connectivity index (χ4v) is 4.93. The maximum atomic E-state index is 11.4. The third-order valence-electron chi connectivity index (χ3n) is 6.87. The number of likely N-dealkylation sites (N-methyl/N-ethyl adjacent to an activating group) is 1. The van der Waals surface area contributed by atoms with Gasteiger partial charge in [-0.25, -0.2) is 9.97 Å². The molecule has 10 nitrogen and oxygen atoms in total. The van der Waals surface area contributed by atoms with E-state index in [1.165, 1.54) is 12.5 Å². The van der Waals surface area contributed by atoms with Crippen LogP contribution in [0.25, 0.3) is 22.6 Å². The Morgan fingerprint density at radius 3 is 2.50 bits per heavy atom. The van der Waals surface area contributed by atoms with Crippen molar-refractivity contribution < 1.29 is 14.3 Å². The maximum Gasteiger partial charge on any atom is 0.257 e. The minimum Gasteiger partial charge on any atom is -0.484 e. The third-order valence-corrected chi connectivity index (χ3v) is 7.15. The van der Waals surface area contributed by atoms with E-state index in [1.807, 2.05) is 24.3 Å². The summed E-state index contributed by atoms with van der Waals surface area (Å²) in [5, 5.41) is 9.52. The van der Waals surface area contributed by atoms with Crippen LogP contribution in [-0.2, 0) is 16.1 Å². The van der Waals surface area contributed by atoms with Gasteiger partial charge in [0.1, 0.15) is 17.1 Å². The standard InChI is InChI=1S/C29H32ClN7O3/c1-18(38)33-21-7-3-19(4-8-21)16-37-13-11-22(12-14-37)34-26-24(30)15-32-29-27(26)35-28(36-29)20-5-9-23(10-6-20)40-17-25(39)31-2/h3-10,15,22H,11-14,16-17H2,1-2H3,(H,31,39)(H,33,38)(H2,32,34,35,36). The number of nitrogens with zero attached hydrogens (tertiary/aromatic N) is 3. The lowest BCUT2D eigenvalue weighted by Crippen LogP contribution is -2.38. The Kier molecular flexibility index (Phi) is 8.47. The van der Waals surface area contributed by atoms with Crippen LogP contribution in [0.3, 0.4) is 0 Å². The monoisotopic (exact) mass is 561 g/mol. The normalized spacial score (nSPS) is 14.2. The number of benzene rings is 2. The molecule has 0 bridgehead atoms. The number of hydrogen-bond acceptors (Lipinski definition) is 7. The van der Waals surface area contributed by atoms with Crippen molar-refractivity contribution in [2.45, 2.75) is 32.4 Å². The van der Waals surface area contributed by atoms with E-state index >= 15 is 0 Å². The highest BCUT2D eigenvalue weighted by Crippen LogP contribution is 2.32. The van der Waals surface area contributed by atoms with Gasteiger partial charge in [-0.2, -0.15) is 0 Å². The van der Waals surface area contributed by atoms with Gasteiger partial charge in [0.2, 0.25) is 5.91 Å². The molecule has 5 rings (SSSR count). The molecular formula is C29H32ClN7O3. The van der Waals surface area contributed by atoms with Gasteiger partial charge in [0, 0.05) is 50.9 Å². The number of aromatic nitrogens is 3. The lowest BCUT2D eigenvalue weighted by Gasteiger charge is -2.33. The number of aromatic amines is 1. The fraction of sp³-hybridized carbons (Fsp3) is 0.310. The largest absolute Gasteiger partial charge is 0.484 e. The zero-order chi connectivity index (χ0) is 28.1.